The van der Waals surface area contributed by atoms with Crippen LogP contribution in [-0.2, 0) is 6.42 Å². The maximum absolute atomic E-state index is 12.8. The molecule has 0 N–H and O–H groups in total. The van der Waals surface area contributed by atoms with Crippen molar-refractivity contribution in [2.24, 2.45) is 5.92 Å². The summed E-state index contributed by atoms with van der Waals surface area (Å²) >= 11 is 12.0. The monoisotopic (exact) mass is 246 g/mol. The lowest BCUT2D eigenvalue weighted by atomic mass is 9.98. The molecule has 82 valence electrons. The van der Waals surface area contributed by atoms with Crippen LogP contribution in [0.15, 0.2) is 18.2 Å². The van der Waals surface area contributed by atoms with Gasteiger partial charge in [0, 0.05) is 10.4 Å². The van der Waals surface area contributed by atoms with E-state index in [2.05, 4.69) is 0 Å². The number of rotatable bonds is 2. The Morgan fingerprint density at radius 3 is 2.73 bits per heavy atom. The van der Waals surface area contributed by atoms with Crippen LogP contribution in [0.25, 0.3) is 0 Å². The van der Waals surface area contributed by atoms with Gasteiger partial charge in [-0.2, -0.15) is 0 Å². The fourth-order valence-electron chi connectivity index (χ4n) is 2.20. The summed E-state index contributed by atoms with van der Waals surface area (Å²) in [6.07, 6.45) is 4.21. The highest BCUT2D eigenvalue weighted by molar-refractivity contribution is 6.31. The lowest BCUT2D eigenvalue weighted by molar-refractivity contribution is 0.546. The molecule has 0 radical (unpaired) electrons. The van der Waals surface area contributed by atoms with E-state index in [0.29, 0.717) is 16.3 Å². The first-order valence-electron chi connectivity index (χ1n) is 5.23. The maximum Gasteiger partial charge on any atom is 0.124 e. The van der Waals surface area contributed by atoms with Crippen LogP contribution in [0, 0.1) is 11.7 Å². The van der Waals surface area contributed by atoms with Gasteiger partial charge in [0.1, 0.15) is 5.82 Å². The molecule has 0 bridgehead atoms. The smallest absolute Gasteiger partial charge is 0.124 e. The minimum atomic E-state index is -0.273. The van der Waals surface area contributed by atoms with Gasteiger partial charge in [-0.05, 0) is 49.3 Å². The normalized spacial score (nSPS) is 25.8. The average Bonchev–Trinajstić information content (AvgIpc) is 2.56. The third-order valence-corrected chi connectivity index (χ3v) is 3.75. The molecule has 0 spiro atoms. The summed E-state index contributed by atoms with van der Waals surface area (Å²) in [5.41, 5.74) is 1.04. The van der Waals surface area contributed by atoms with Crippen LogP contribution >= 0.6 is 23.2 Å². The second-order valence-corrected chi connectivity index (χ2v) is 5.24. The summed E-state index contributed by atoms with van der Waals surface area (Å²) in [6.45, 7) is 0. The van der Waals surface area contributed by atoms with Gasteiger partial charge in [0.2, 0.25) is 0 Å². The second-order valence-electron chi connectivity index (χ2n) is 4.22. The standard InChI is InChI=1S/C12H13Cl2F/c13-10-3-1-8(6-10)5-9-2-4-11(15)7-12(9)14/h2,4,7-8,10H,1,3,5-6H2. The summed E-state index contributed by atoms with van der Waals surface area (Å²) in [5.74, 6) is 0.334. The molecule has 1 aliphatic carbocycles. The van der Waals surface area contributed by atoms with Crippen LogP contribution in [0.5, 0.6) is 0 Å². The third-order valence-electron chi connectivity index (χ3n) is 3.00. The van der Waals surface area contributed by atoms with Gasteiger partial charge >= 0.3 is 0 Å². The van der Waals surface area contributed by atoms with E-state index < -0.39 is 0 Å². The zero-order valence-electron chi connectivity index (χ0n) is 8.35. The SMILES string of the molecule is Fc1ccc(CC2CCC(Cl)C2)c(Cl)c1. The molecule has 1 saturated carbocycles. The van der Waals surface area contributed by atoms with Gasteiger partial charge in [-0.1, -0.05) is 17.7 Å². The van der Waals surface area contributed by atoms with E-state index in [1.807, 2.05) is 0 Å². The van der Waals surface area contributed by atoms with Crippen LogP contribution in [0.2, 0.25) is 5.02 Å². The molecule has 1 aliphatic rings. The molecule has 0 aliphatic heterocycles. The Hall–Kier alpha value is -0.270. The zero-order valence-corrected chi connectivity index (χ0v) is 9.86. The Morgan fingerprint density at radius 2 is 2.13 bits per heavy atom. The Labute approximate surface area is 99.4 Å². The van der Waals surface area contributed by atoms with E-state index in [0.717, 1.165) is 31.2 Å². The van der Waals surface area contributed by atoms with Crippen LogP contribution in [0.1, 0.15) is 24.8 Å². The van der Waals surface area contributed by atoms with E-state index >= 15 is 0 Å². The zero-order chi connectivity index (χ0) is 10.8. The average molecular weight is 247 g/mol. The first-order valence-corrected chi connectivity index (χ1v) is 6.04. The molecule has 2 rings (SSSR count). The van der Waals surface area contributed by atoms with Gasteiger partial charge < -0.3 is 0 Å². The van der Waals surface area contributed by atoms with Gasteiger partial charge in [0.25, 0.3) is 0 Å². The molecule has 15 heavy (non-hydrogen) atoms. The highest BCUT2D eigenvalue weighted by Crippen LogP contribution is 2.33. The van der Waals surface area contributed by atoms with Crippen molar-refractivity contribution in [3.8, 4) is 0 Å². The van der Waals surface area contributed by atoms with Crippen LogP contribution in [0.3, 0.4) is 0 Å². The molecule has 0 amide bonds. The van der Waals surface area contributed by atoms with Crippen molar-refractivity contribution in [2.45, 2.75) is 31.1 Å². The largest absolute Gasteiger partial charge is 0.207 e. The molecule has 2 unspecified atom stereocenters. The quantitative estimate of drug-likeness (QED) is 0.678. The molecule has 0 aromatic heterocycles. The summed E-state index contributed by atoms with van der Waals surface area (Å²) in [5, 5.41) is 0.849. The summed E-state index contributed by atoms with van der Waals surface area (Å²) < 4.78 is 12.8. The minimum absolute atomic E-state index is 0.273. The van der Waals surface area contributed by atoms with Crippen molar-refractivity contribution in [3.63, 3.8) is 0 Å². The molecule has 0 heterocycles. The first-order chi connectivity index (χ1) is 7.15. The van der Waals surface area contributed by atoms with Gasteiger partial charge in [0.15, 0.2) is 0 Å². The Bertz CT molecular complexity index is 351. The number of benzene rings is 1. The fourth-order valence-corrected chi connectivity index (χ4v) is 2.82. The molecule has 3 heteroatoms. The topological polar surface area (TPSA) is 0 Å². The summed E-state index contributed by atoms with van der Waals surface area (Å²) in [6, 6.07) is 4.62. The van der Waals surface area contributed by atoms with Crippen molar-refractivity contribution in [2.75, 3.05) is 0 Å². The van der Waals surface area contributed by atoms with Crippen LogP contribution in [0.4, 0.5) is 4.39 Å². The number of alkyl halides is 1. The molecule has 0 saturated heterocycles. The summed E-state index contributed by atoms with van der Waals surface area (Å²) in [4.78, 5) is 0. The summed E-state index contributed by atoms with van der Waals surface area (Å²) in [7, 11) is 0. The molecular formula is C12H13Cl2F. The lowest BCUT2D eigenvalue weighted by Crippen LogP contribution is -2.01. The van der Waals surface area contributed by atoms with Crippen molar-refractivity contribution in [1.82, 2.24) is 0 Å². The Kier molecular flexibility index (Phi) is 3.53. The van der Waals surface area contributed by atoms with Crippen molar-refractivity contribution in [1.29, 1.82) is 0 Å². The fraction of sp³-hybridized carbons (Fsp3) is 0.500. The predicted molar refractivity (Wildman–Crippen MR) is 62.1 cm³/mol. The Balaban J connectivity index is 2.04. The molecule has 0 nitrogen and oxygen atoms in total. The third kappa shape index (κ3) is 2.85. The van der Waals surface area contributed by atoms with E-state index in [9.17, 15) is 4.39 Å². The van der Waals surface area contributed by atoms with E-state index in [1.54, 1.807) is 6.07 Å². The van der Waals surface area contributed by atoms with Crippen molar-refractivity contribution < 1.29 is 4.39 Å². The molecule has 1 fully saturated rings. The van der Waals surface area contributed by atoms with Gasteiger partial charge in [-0.3, -0.25) is 0 Å². The number of halogens is 3. The van der Waals surface area contributed by atoms with Gasteiger partial charge in [0.05, 0.1) is 0 Å². The maximum atomic E-state index is 12.8. The molecular weight excluding hydrogens is 234 g/mol. The van der Waals surface area contributed by atoms with Crippen LogP contribution < -0.4 is 0 Å². The Morgan fingerprint density at radius 1 is 1.33 bits per heavy atom. The van der Waals surface area contributed by atoms with Gasteiger partial charge in [-0.15, -0.1) is 11.6 Å². The molecule has 1 aromatic carbocycles. The second kappa shape index (κ2) is 4.71. The van der Waals surface area contributed by atoms with Crippen molar-refractivity contribution >= 4 is 23.2 Å². The number of hydrogen-bond acceptors (Lipinski definition) is 0. The molecule has 1 aromatic rings. The van der Waals surface area contributed by atoms with E-state index in [4.69, 9.17) is 23.2 Å². The van der Waals surface area contributed by atoms with E-state index in [1.165, 1.54) is 12.1 Å². The molecule has 2 atom stereocenters. The van der Waals surface area contributed by atoms with Crippen LogP contribution in [-0.4, -0.2) is 5.38 Å². The first kappa shape index (κ1) is 11.2. The van der Waals surface area contributed by atoms with Gasteiger partial charge in [-0.25, -0.2) is 4.39 Å². The highest BCUT2D eigenvalue weighted by Gasteiger charge is 2.23. The van der Waals surface area contributed by atoms with Crippen molar-refractivity contribution in [3.05, 3.63) is 34.6 Å². The minimum Gasteiger partial charge on any atom is -0.207 e. The van der Waals surface area contributed by atoms with E-state index in [-0.39, 0.29) is 5.82 Å². The highest BCUT2D eigenvalue weighted by atomic mass is 35.5. The predicted octanol–water partition coefficient (Wildman–Crippen LogP) is 4.43. The number of hydrogen-bond donors (Lipinski definition) is 0. The lowest BCUT2D eigenvalue weighted by Gasteiger charge is -2.10.